The van der Waals surface area contributed by atoms with E-state index in [1.807, 2.05) is 6.08 Å². The van der Waals surface area contributed by atoms with Crippen LogP contribution in [0.2, 0.25) is 15.1 Å². The fourth-order valence-electron chi connectivity index (χ4n) is 8.63. The van der Waals surface area contributed by atoms with Gasteiger partial charge in [0.25, 0.3) is 11.8 Å². The van der Waals surface area contributed by atoms with Crippen LogP contribution in [0.4, 0.5) is 11.4 Å². The SMILES string of the molecule is COc1ccc(C23C(=O)N(Nc4ccc(Cl)cc4Cl)C(=O)C2CC2C(=CCC4C(=O)N(c5ccc(Cl)cc5)C(=O)C42)C3c2ccc(CO)o2)cc1. The molecule has 6 atom stereocenters. The van der Waals surface area contributed by atoms with Crippen LogP contribution in [0.3, 0.4) is 0 Å². The van der Waals surface area contributed by atoms with Crippen LogP contribution in [0.25, 0.3) is 0 Å². The van der Waals surface area contributed by atoms with Crippen LogP contribution >= 0.6 is 34.8 Å². The van der Waals surface area contributed by atoms with E-state index in [4.69, 9.17) is 44.0 Å². The molecule has 260 valence electrons. The molecule has 13 heteroatoms. The van der Waals surface area contributed by atoms with Gasteiger partial charge in [0.05, 0.1) is 47.2 Å². The van der Waals surface area contributed by atoms with Crippen molar-refractivity contribution in [3.05, 3.63) is 123 Å². The van der Waals surface area contributed by atoms with E-state index in [2.05, 4.69) is 5.43 Å². The first-order valence-electron chi connectivity index (χ1n) is 16.4. The van der Waals surface area contributed by atoms with Gasteiger partial charge in [-0.25, -0.2) is 0 Å². The van der Waals surface area contributed by atoms with Gasteiger partial charge in [0.1, 0.15) is 29.3 Å². The molecular weight excluding hydrogens is 717 g/mol. The van der Waals surface area contributed by atoms with Crippen LogP contribution in [0, 0.1) is 23.7 Å². The summed E-state index contributed by atoms with van der Waals surface area (Å²) in [6, 6.07) is 21.5. The summed E-state index contributed by atoms with van der Waals surface area (Å²) in [7, 11) is 1.53. The summed E-state index contributed by atoms with van der Waals surface area (Å²) in [6.45, 7) is -0.391. The third kappa shape index (κ3) is 5.03. The summed E-state index contributed by atoms with van der Waals surface area (Å²) < 4.78 is 11.7. The average Bonchev–Trinajstić information content (AvgIpc) is 3.77. The van der Waals surface area contributed by atoms with Crippen molar-refractivity contribution in [2.24, 2.45) is 23.7 Å². The number of amides is 4. The van der Waals surface area contributed by atoms with E-state index in [0.29, 0.717) is 38.4 Å². The van der Waals surface area contributed by atoms with Crippen molar-refractivity contribution in [2.45, 2.75) is 30.8 Å². The van der Waals surface area contributed by atoms with Crippen molar-refractivity contribution in [3.8, 4) is 5.75 Å². The zero-order valence-electron chi connectivity index (χ0n) is 27.0. The summed E-state index contributed by atoms with van der Waals surface area (Å²) in [5.74, 6) is -4.63. The molecule has 3 aromatic carbocycles. The Kier molecular flexibility index (Phi) is 8.26. The van der Waals surface area contributed by atoms with Crippen molar-refractivity contribution < 1.29 is 33.4 Å². The number of hydrazine groups is 1. The number of imide groups is 2. The lowest BCUT2D eigenvalue weighted by molar-refractivity contribution is -0.138. The number of nitrogens with one attached hydrogen (secondary N) is 1. The van der Waals surface area contributed by atoms with Crippen LogP contribution < -0.4 is 15.1 Å². The Labute approximate surface area is 307 Å². The summed E-state index contributed by atoms with van der Waals surface area (Å²) in [6.07, 6.45) is 2.26. The van der Waals surface area contributed by atoms with Crippen molar-refractivity contribution >= 4 is 69.8 Å². The number of aliphatic hydroxyl groups excluding tert-OH is 1. The first-order valence-corrected chi connectivity index (χ1v) is 17.5. The van der Waals surface area contributed by atoms with E-state index in [9.17, 15) is 19.5 Å². The fraction of sp³-hybridized carbons (Fsp3) is 0.263. The number of furan rings is 1. The molecule has 2 saturated heterocycles. The van der Waals surface area contributed by atoms with E-state index >= 15 is 4.79 Å². The average molecular weight is 747 g/mol. The van der Waals surface area contributed by atoms with Crippen molar-refractivity contribution in [1.29, 1.82) is 0 Å². The van der Waals surface area contributed by atoms with E-state index in [1.165, 1.54) is 18.1 Å². The molecule has 0 radical (unpaired) electrons. The molecule has 4 amide bonds. The molecule has 1 saturated carbocycles. The number of fused-ring (bicyclic) bond motifs is 4. The number of rotatable bonds is 7. The number of hydrogen-bond acceptors (Lipinski definition) is 8. The number of ether oxygens (including phenoxy) is 1. The third-order valence-corrected chi connectivity index (χ3v) is 11.6. The Balaban J connectivity index is 1.31. The van der Waals surface area contributed by atoms with Gasteiger partial charge in [0, 0.05) is 10.0 Å². The van der Waals surface area contributed by atoms with Gasteiger partial charge in [-0.05, 0) is 91.1 Å². The van der Waals surface area contributed by atoms with E-state index in [0.717, 1.165) is 5.01 Å². The number of halogens is 3. The highest BCUT2D eigenvalue weighted by atomic mass is 35.5. The molecular formula is C38H30Cl3N3O7. The molecule has 10 nitrogen and oxygen atoms in total. The maximum atomic E-state index is 15.2. The second-order valence-electron chi connectivity index (χ2n) is 13.2. The fourth-order valence-corrected chi connectivity index (χ4v) is 9.21. The van der Waals surface area contributed by atoms with Gasteiger partial charge in [0.2, 0.25) is 11.8 Å². The number of carbonyl (C=O) groups is 4. The molecule has 2 aliphatic carbocycles. The Bertz CT molecular complexity index is 2130. The van der Waals surface area contributed by atoms with Crippen LogP contribution in [-0.2, 0) is 31.2 Å². The molecule has 0 spiro atoms. The predicted molar refractivity (Wildman–Crippen MR) is 189 cm³/mol. The quantitative estimate of drug-likeness (QED) is 0.154. The molecule has 8 rings (SSSR count). The normalized spacial score (nSPS) is 26.9. The maximum absolute atomic E-state index is 15.2. The molecule has 3 heterocycles. The molecule has 2 aliphatic heterocycles. The molecule has 4 aromatic rings. The van der Waals surface area contributed by atoms with Gasteiger partial charge in [-0.2, -0.15) is 5.01 Å². The van der Waals surface area contributed by atoms with E-state index < -0.39 is 53.4 Å². The summed E-state index contributed by atoms with van der Waals surface area (Å²) >= 11 is 18.8. The minimum Gasteiger partial charge on any atom is -0.497 e. The maximum Gasteiger partial charge on any atom is 0.260 e. The Hall–Kier alpha value is -4.61. The van der Waals surface area contributed by atoms with Gasteiger partial charge in [-0.3, -0.25) is 29.5 Å². The number of carbonyl (C=O) groups excluding carboxylic acids is 4. The number of benzene rings is 3. The van der Waals surface area contributed by atoms with Gasteiger partial charge in [-0.1, -0.05) is 58.6 Å². The minimum absolute atomic E-state index is 0.0909. The summed E-state index contributed by atoms with van der Waals surface area (Å²) in [5.41, 5.74) is 3.33. The number of aliphatic hydroxyl groups is 1. The van der Waals surface area contributed by atoms with Gasteiger partial charge < -0.3 is 14.3 Å². The molecule has 2 N–H and O–H groups in total. The summed E-state index contributed by atoms with van der Waals surface area (Å²) in [5, 5.41) is 12.0. The zero-order valence-corrected chi connectivity index (χ0v) is 29.3. The van der Waals surface area contributed by atoms with E-state index in [-0.39, 0.29) is 41.1 Å². The highest BCUT2D eigenvalue weighted by Gasteiger charge is 2.71. The number of anilines is 2. The van der Waals surface area contributed by atoms with Gasteiger partial charge in [0.15, 0.2) is 0 Å². The molecule has 3 fully saturated rings. The van der Waals surface area contributed by atoms with Crippen LogP contribution in [0.1, 0.15) is 35.8 Å². The van der Waals surface area contributed by atoms with Crippen molar-refractivity contribution in [3.63, 3.8) is 0 Å². The first-order chi connectivity index (χ1) is 24.6. The molecule has 6 unspecified atom stereocenters. The smallest absolute Gasteiger partial charge is 0.260 e. The third-order valence-electron chi connectivity index (χ3n) is 10.8. The molecule has 51 heavy (non-hydrogen) atoms. The van der Waals surface area contributed by atoms with Crippen LogP contribution in [0.5, 0.6) is 5.75 Å². The second kappa shape index (κ2) is 12.6. The first kappa shape index (κ1) is 33.5. The predicted octanol–water partition coefficient (Wildman–Crippen LogP) is 6.93. The molecule has 4 aliphatic rings. The zero-order chi connectivity index (χ0) is 35.8. The van der Waals surface area contributed by atoms with Crippen molar-refractivity contribution in [2.75, 3.05) is 17.4 Å². The number of nitrogens with zero attached hydrogens (tertiary/aromatic N) is 2. The minimum atomic E-state index is -1.57. The number of methoxy groups -OCH3 is 1. The van der Waals surface area contributed by atoms with Crippen LogP contribution in [-0.4, -0.2) is 40.9 Å². The van der Waals surface area contributed by atoms with Gasteiger partial charge >= 0.3 is 0 Å². The molecule has 0 bridgehead atoms. The van der Waals surface area contributed by atoms with Crippen LogP contribution in [0.15, 0.2) is 94.9 Å². The van der Waals surface area contributed by atoms with Crippen molar-refractivity contribution in [1.82, 2.24) is 5.01 Å². The lowest BCUT2D eigenvalue weighted by Crippen LogP contribution is -2.53. The highest BCUT2D eigenvalue weighted by molar-refractivity contribution is 6.36. The highest BCUT2D eigenvalue weighted by Crippen LogP contribution is 2.64. The number of allylic oxidation sites excluding steroid dienone is 2. The van der Waals surface area contributed by atoms with Gasteiger partial charge in [-0.15, -0.1) is 0 Å². The Morgan fingerprint density at radius 3 is 2.27 bits per heavy atom. The standard InChI is InChI=1S/C38H30Cl3N3O7/c1-50-23-9-2-19(3-10-23)38-28(35(47)44(37(38)49)42-30-14-6-21(40)16-29(30)41)17-27-25(33(38)31-15-11-24(18-45)51-31)12-13-26-32(27)36(48)43(34(26)46)22-7-4-20(39)5-8-22/h2-12,14-16,26-28,32-33,42,45H,13,17-18H2,1H3. The Morgan fingerprint density at radius 2 is 1.61 bits per heavy atom. The lowest BCUT2D eigenvalue weighted by atomic mass is 9.50. The monoisotopic (exact) mass is 745 g/mol. The number of hydrogen-bond donors (Lipinski definition) is 2. The largest absolute Gasteiger partial charge is 0.497 e. The summed E-state index contributed by atoms with van der Waals surface area (Å²) in [4.78, 5) is 59.5. The lowest BCUT2D eigenvalue weighted by Gasteiger charge is -2.49. The Morgan fingerprint density at radius 1 is 0.882 bits per heavy atom. The van der Waals surface area contributed by atoms with E-state index in [1.54, 1.807) is 72.8 Å². The topological polar surface area (TPSA) is 129 Å². The molecule has 1 aromatic heterocycles. The second-order valence-corrected chi connectivity index (χ2v) is 14.4.